The van der Waals surface area contributed by atoms with Gasteiger partial charge >= 0.3 is 0 Å². The van der Waals surface area contributed by atoms with E-state index < -0.39 is 0 Å². The molecule has 0 radical (unpaired) electrons. The third kappa shape index (κ3) is 6.24. The minimum absolute atomic E-state index is 0.0319. The third-order valence-electron chi connectivity index (χ3n) is 3.99. The standard InChI is InChI=1S/C21H28N4O/c1-4-12-23-20(26)19-7-5-6-18(13-19)15-25-21(22-3)24-14-17-10-8-16(2)9-11-17/h5-11,13H,4,12,14-15H2,1-3H3,(H,23,26)(H2,22,24,25). The summed E-state index contributed by atoms with van der Waals surface area (Å²) < 4.78 is 0. The van der Waals surface area contributed by atoms with Crippen LogP contribution in [0.3, 0.4) is 0 Å². The monoisotopic (exact) mass is 352 g/mol. The predicted octanol–water partition coefficient (Wildman–Crippen LogP) is 3.00. The maximum Gasteiger partial charge on any atom is 0.251 e. The van der Waals surface area contributed by atoms with Crippen LogP contribution < -0.4 is 16.0 Å². The number of nitrogens with one attached hydrogen (secondary N) is 3. The first-order valence-corrected chi connectivity index (χ1v) is 8.99. The first-order chi connectivity index (χ1) is 12.6. The van der Waals surface area contributed by atoms with Gasteiger partial charge in [-0.25, -0.2) is 0 Å². The summed E-state index contributed by atoms with van der Waals surface area (Å²) in [4.78, 5) is 16.3. The molecule has 0 aromatic heterocycles. The minimum Gasteiger partial charge on any atom is -0.352 e. The summed E-state index contributed by atoms with van der Waals surface area (Å²) in [6.07, 6.45) is 0.927. The molecule has 0 heterocycles. The first-order valence-electron chi connectivity index (χ1n) is 8.99. The molecule has 2 rings (SSSR count). The van der Waals surface area contributed by atoms with Gasteiger partial charge in [-0.05, 0) is 36.6 Å². The molecule has 5 nitrogen and oxygen atoms in total. The average Bonchev–Trinajstić information content (AvgIpc) is 2.67. The van der Waals surface area contributed by atoms with E-state index in [1.54, 1.807) is 7.05 Å². The zero-order valence-corrected chi connectivity index (χ0v) is 15.8. The molecule has 0 fully saturated rings. The Kier molecular flexibility index (Phi) is 7.68. The van der Waals surface area contributed by atoms with Crippen molar-refractivity contribution in [3.8, 4) is 0 Å². The van der Waals surface area contributed by atoms with Crippen molar-refractivity contribution in [3.63, 3.8) is 0 Å². The summed E-state index contributed by atoms with van der Waals surface area (Å²) in [5.74, 6) is 0.696. The van der Waals surface area contributed by atoms with Gasteiger partial charge in [0, 0.05) is 32.2 Å². The van der Waals surface area contributed by atoms with E-state index in [1.807, 2.05) is 31.2 Å². The second-order valence-corrected chi connectivity index (χ2v) is 6.22. The molecule has 0 bridgehead atoms. The van der Waals surface area contributed by atoms with Crippen molar-refractivity contribution in [1.82, 2.24) is 16.0 Å². The van der Waals surface area contributed by atoms with Crippen molar-refractivity contribution in [1.29, 1.82) is 0 Å². The van der Waals surface area contributed by atoms with Gasteiger partial charge in [0.05, 0.1) is 0 Å². The molecule has 0 aliphatic heterocycles. The zero-order chi connectivity index (χ0) is 18.8. The Hall–Kier alpha value is -2.82. The van der Waals surface area contributed by atoms with Crippen molar-refractivity contribution in [2.24, 2.45) is 4.99 Å². The molecule has 0 saturated carbocycles. The molecule has 0 aliphatic rings. The van der Waals surface area contributed by atoms with E-state index in [-0.39, 0.29) is 5.91 Å². The fraction of sp³-hybridized carbons (Fsp3) is 0.333. The van der Waals surface area contributed by atoms with Crippen LogP contribution in [-0.2, 0) is 13.1 Å². The summed E-state index contributed by atoms with van der Waals surface area (Å²) in [7, 11) is 1.75. The van der Waals surface area contributed by atoms with Gasteiger partial charge in [0.15, 0.2) is 5.96 Å². The number of guanidine groups is 1. The number of hydrogen-bond donors (Lipinski definition) is 3. The van der Waals surface area contributed by atoms with E-state index in [4.69, 9.17) is 0 Å². The summed E-state index contributed by atoms with van der Waals surface area (Å²) >= 11 is 0. The summed E-state index contributed by atoms with van der Waals surface area (Å²) in [6, 6.07) is 16.0. The third-order valence-corrected chi connectivity index (χ3v) is 3.99. The Bertz CT molecular complexity index is 738. The fourth-order valence-corrected chi connectivity index (χ4v) is 2.46. The van der Waals surface area contributed by atoms with Crippen molar-refractivity contribution in [3.05, 3.63) is 70.8 Å². The van der Waals surface area contributed by atoms with Gasteiger partial charge in [-0.15, -0.1) is 0 Å². The lowest BCUT2D eigenvalue weighted by Gasteiger charge is -2.13. The van der Waals surface area contributed by atoms with Crippen molar-refractivity contribution < 1.29 is 4.79 Å². The number of aliphatic imine (C=N–C) groups is 1. The van der Waals surface area contributed by atoms with Gasteiger partial charge in [0.25, 0.3) is 5.91 Å². The molecule has 2 aromatic carbocycles. The number of amides is 1. The van der Waals surface area contributed by atoms with Gasteiger partial charge in [-0.2, -0.15) is 0 Å². The Morgan fingerprint density at radius 1 is 0.962 bits per heavy atom. The van der Waals surface area contributed by atoms with Crippen LogP contribution in [0, 0.1) is 6.92 Å². The van der Waals surface area contributed by atoms with Gasteiger partial charge in [-0.1, -0.05) is 48.9 Å². The highest BCUT2D eigenvalue weighted by molar-refractivity contribution is 5.94. The molecule has 1 amide bonds. The Labute approximate surface area is 155 Å². The quantitative estimate of drug-likeness (QED) is 0.530. The number of hydrogen-bond acceptors (Lipinski definition) is 2. The van der Waals surface area contributed by atoms with E-state index in [0.29, 0.717) is 25.2 Å². The second-order valence-electron chi connectivity index (χ2n) is 6.22. The normalized spacial score (nSPS) is 11.1. The lowest BCUT2D eigenvalue weighted by Crippen LogP contribution is -2.36. The molecular formula is C21H28N4O. The molecule has 0 aliphatic carbocycles. The van der Waals surface area contributed by atoms with Crippen LogP contribution in [0.1, 0.15) is 40.4 Å². The highest BCUT2D eigenvalue weighted by Gasteiger charge is 2.06. The number of nitrogens with zero attached hydrogens (tertiary/aromatic N) is 1. The number of benzene rings is 2. The SMILES string of the molecule is CCCNC(=O)c1cccc(CNC(=NC)NCc2ccc(C)cc2)c1. The largest absolute Gasteiger partial charge is 0.352 e. The van der Waals surface area contributed by atoms with Crippen LogP contribution in [0.15, 0.2) is 53.5 Å². The van der Waals surface area contributed by atoms with E-state index in [1.165, 1.54) is 11.1 Å². The zero-order valence-electron chi connectivity index (χ0n) is 15.8. The average molecular weight is 352 g/mol. The Balaban J connectivity index is 1.87. The highest BCUT2D eigenvalue weighted by Crippen LogP contribution is 2.06. The van der Waals surface area contributed by atoms with Gasteiger partial charge in [0.2, 0.25) is 0 Å². The number of rotatable bonds is 7. The second kappa shape index (κ2) is 10.2. The van der Waals surface area contributed by atoms with Crippen LogP contribution in [0.25, 0.3) is 0 Å². The van der Waals surface area contributed by atoms with Crippen LogP contribution in [0.5, 0.6) is 0 Å². The van der Waals surface area contributed by atoms with E-state index >= 15 is 0 Å². The molecule has 3 N–H and O–H groups in total. The maximum atomic E-state index is 12.1. The number of aryl methyl sites for hydroxylation is 1. The summed E-state index contributed by atoms with van der Waals surface area (Å²) in [6.45, 7) is 6.11. The molecule has 26 heavy (non-hydrogen) atoms. The van der Waals surface area contributed by atoms with Crippen molar-refractivity contribution >= 4 is 11.9 Å². The van der Waals surface area contributed by atoms with Crippen molar-refractivity contribution in [2.45, 2.75) is 33.4 Å². The van der Waals surface area contributed by atoms with Crippen molar-refractivity contribution in [2.75, 3.05) is 13.6 Å². The fourth-order valence-electron chi connectivity index (χ4n) is 2.46. The molecule has 2 aromatic rings. The van der Waals surface area contributed by atoms with Crippen LogP contribution >= 0.6 is 0 Å². The predicted molar refractivity (Wildman–Crippen MR) is 107 cm³/mol. The first kappa shape index (κ1) is 19.5. The van der Waals surface area contributed by atoms with Crippen LogP contribution in [-0.4, -0.2) is 25.5 Å². The lowest BCUT2D eigenvalue weighted by atomic mass is 10.1. The number of carbonyl (C=O) groups is 1. The maximum absolute atomic E-state index is 12.1. The van der Waals surface area contributed by atoms with E-state index in [9.17, 15) is 4.79 Å². The molecule has 0 unspecified atom stereocenters. The summed E-state index contributed by atoms with van der Waals surface area (Å²) in [5.41, 5.74) is 4.17. The summed E-state index contributed by atoms with van der Waals surface area (Å²) in [5, 5.41) is 9.48. The Morgan fingerprint density at radius 3 is 2.31 bits per heavy atom. The van der Waals surface area contributed by atoms with E-state index in [2.05, 4.69) is 52.1 Å². The minimum atomic E-state index is -0.0319. The molecule has 0 saturated heterocycles. The van der Waals surface area contributed by atoms with Crippen LogP contribution in [0.4, 0.5) is 0 Å². The molecule has 5 heteroatoms. The van der Waals surface area contributed by atoms with Gasteiger partial charge in [0.1, 0.15) is 0 Å². The molecule has 138 valence electrons. The molecule has 0 spiro atoms. The Morgan fingerprint density at radius 2 is 1.65 bits per heavy atom. The number of carbonyl (C=O) groups excluding carboxylic acids is 1. The van der Waals surface area contributed by atoms with Gasteiger partial charge < -0.3 is 16.0 Å². The molecule has 0 atom stereocenters. The molecular weight excluding hydrogens is 324 g/mol. The topological polar surface area (TPSA) is 65.5 Å². The smallest absolute Gasteiger partial charge is 0.251 e. The highest BCUT2D eigenvalue weighted by atomic mass is 16.1. The van der Waals surface area contributed by atoms with Crippen LogP contribution in [0.2, 0.25) is 0 Å². The van der Waals surface area contributed by atoms with E-state index in [0.717, 1.165) is 17.9 Å². The van der Waals surface area contributed by atoms with Gasteiger partial charge in [-0.3, -0.25) is 9.79 Å². The lowest BCUT2D eigenvalue weighted by molar-refractivity contribution is 0.0953.